The number of hydrogen-bond donors (Lipinski definition) is 0. The largest absolute Gasteiger partial charge is 0.369 e. The van der Waals surface area contributed by atoms with Gasteiger partial charge in [-0.3, -0.25) is 4.90 Å². The molecule has 1 aliphatic carbocycles. The van der Waals surface area contributed by atoms with Crippen LogP contribution in [0.5, 0.6) is 0 Å². The van der Waals surface area contributed by atoms with E-state index in [0.29, 0.717) is 0 Å². The number of piperazine rings is 1. The van der Waals surface area contributed by atoms with Gasteiger partial charge in [-0.2, -0.15) is 5.26 Å². The van der Waals surface area contributed by atoms with Gasteiger partial charge in [0.25, 0.3) is 0 Å². The summed E-state index contributed by atoms with van der Waals surface area (Å²) in [6.45, 7) is 4.10. The summed E-state index contributed by atoms with van der Waals surface area (Å²) in [7, 11) is 0. The number of anilines is 1. The molecule has 0 aromatic heterocycles. The Kier molecular flexibility index (Phi) is 3.44. The van der Waals surface area contributed by atoms with Crippen LogP contribution in [0.25, 0.3) is 0 Å². The highest BCUT2D eigenvalue weighted by molar-refractivity contribution is 5.46. The molecule has 3 heteroatoms. The molecule has 0 spiro atoms. The first-order valence-corrected chi connectivity index (χ1v) is 7.30. The highest BCUT2D eigenvalue weighted by Gasteiger charge is 2.40. The summed E-state index contributed by atoms with van der Waals surface area (Å²) in [5.74, 6) is 0. The summed E-state index contributed by atoms with van der Waals surface area (Å²) in [6, 6.07) is 13.2. The smallest absolute Gasteiger partial charge is 0.109 e. The Labute approximate surface area is 115 Å². The van der Waals surface area contributed by atoms with Crippen molar-refractivity contribution < 1.29 is 0 Å². The lowest BCUT2D eigenvalue weighted by Gasteiger charge is -2.43. The van der Waals surface area contributed by atoms with Gasteiger partial charge >= 0.3 is 0 Å². The predicted octanol–water partition coefficient (Wildman–Crippen LogP) is 2.64. The summed E-state index contributed by atoms with van der Waals surface area (Å²) >= 11 is 0. The molecule has 0 radical (unpaired) electrons. The van der Waals surface area contributed by atoms with Gasteiger partial charge in [-0.05, 0) is 25.0 Å². The average Bonchev–Trinajstić information content (AvgIpc) is 2.98. The normalized spacial score (nSPS) is 23.2. The van der Waals surface area contributed by atoms with E-state index in [2.05, 4.69) is 46.2 Å². The Hall–Kier alpha value is -1.53. The molecule has 0 bridgehead atoms. The Morgan fingerprint density at radius 1 is 0.947 bits per heavy atom. The fraction of sp³-hybridized carbons (Fsp3) is 0.562. The standard InChI is InChI=1S/C16H21N3/c17-14-16(8-4-5-9-16)19-12-10-18(11-13-19)15-6-2-1-3-7-15/h1-3,6-7H,4-5,8-13H2. The summed E-state index contributed by atoms with van der Waals surface area (Å²) < 4.78 is 0. The molecule has 0 unspecified atom stereocenters. The lowest BCUT2D eigenvalue weighted by Crippen LogP contribution is -2.55. The van der Waals surface area contributed by atoms with Crippen LogP contribution in [0.4, 0.5) is 5.69 Å². The van der Waals surface area contributed by atoms with Gasteiger partial charge in [0, 0.05) is 31.9 Å². The second kappa shape index (κ2) is 5.22. The van der Waals surface area contributed by atoms with Crippen molar-refractivity contribution in [1.82, 2.24) is 4.90 Å². The topological polar surface area (TPSA) is 30.3 Å². The Balaban J connectivity index is 1.65. The predicted molar refractivity (Wildman–Crippen MR) is 77.0 cm³/mol. The van der Waals surface area contributed by atoms with Crippen LogP contribution in [0.1, 0.15) is 25.7 Å². The lowest BCUT2D eigenvalue weighted by atomic mass is 9.96. The minimum Gasteiger partial charge on any atom is -0.369 e. The number of rotatable bonds is 2. The van der Waals surface area contributed by atoms with E-state index in [0.717, 1.165) is 39.0 Å². The molecule has 1 saturated carbocycles. The van der Waals surface area contributed by atoms with E-state index in [-0.39, 0.29) is 5.54 Å². The first-order chi connectivity index (χ1) is 9.34. The SMILES string of the molecule is N#CC1(N2CCN(c3ccccc3)CC2)CCCC1. The zero-order chi connectivity index (χ0) is 13.1. The molecule has 19 heavy (non-hydrogen) atoms. The van der Waals surface area contributed by atoms with Crippen molar-refractivity contribution in [2.75, 3.05) is 31.1 Å². The average molecular weight is 255 g/mol. The van der Waals surface area contributed by atoms with Crippen LogP contribution in [-0.4, -0.2) is 36.6 Å². The highest BCUT2D eigenvalue weighted by atomic mass is 15.3. The van der Waals surface area contributed by atoms with Crippen LogP contribution in [0.2, 0.25) is 0 Å². The van der Waals surface area contributed by atoms with Gasteiger partial charge in [0.2, 0.25) is 0 Å². The van der Waals surface area contributed by atoms with E-state index >= 15 is 0 Å². The maximum Gasteiger partial charge on any atom is 0.109 e. The summed E-state index contributed by atoms with van der Waals surface area (Å²) in [4.78, 5) is 4.86. The van der Waals surface area contributed by atoms with Crippen LogP contribution < -0.4 is 4.90 Å². The molecular formula is C16H21N3. The van der Waals surface area contributed by atoms with E-state index in [1.54, 1.807) is 0 Å². The summed E-state index contributed by atoms with van der Waals surface area (Å²) in [5, 5.41) is 9.55. The van der Waals surface area contributed by atoms with Gasteiger partial charge < -0.3 is 4.90 Å². The number of benzene rings is 1. The molecule has 1 aromatic rings. The molecule has 2 aliphatic rings. The molecule has 1 saturated heterocycles. The number of nitriles is 1. The Morgan fingerprint density at radius 3 is 2.16 bits per heavy atom. The number of hydrogen-bond acceptors (Lipinski definition) is 3. The Morgan fingerprint density at radius 2 is 1.58 bits per heavy atom. The van der Waals surface area contributed by atoms with Crippen molar-refractivity contribution in [2.45, 2.75) is 31.2 Å². The summed E-state index contributed by atoms with van der Waals surface area (Å²) in [5.41, 5.74) is 1.16. The molecule has 0 N–H and O–H groups in total. The van der Waals surface area contributed by atoms with E-state index < -0.39 is 0 Å². The van der Waals surface area contributed by atoms with Crippen molar-refractivity contribution in [3.8, 4) is 6.07 Å². The molecule has 2 fully saturated rings. The van der Waals surface area contributed by atoms with Gasteiger partial charge in [-0.25, -0.2) is 0 Å². The first kappa shape index (κ1) is 12.5. The van der Waals surface area contributed by atoms with Crippen LogP contribution >= 0.6 is 0 Å². The minimum absolute atomic E-state index is 0.150. The molecule has 3 rings (SSSR count). The zero-order valence-corrected chi connectivity index (χ0v) is 11.4. The van der Waals surface area contributed by atoms with Crippen molar-refractivity contribution in [1.29, 1.82) is 5.26 Å². The highest BCUT2D eigenvalue weighted by Crippen LogP contribution is 2.35. The summed E-state index contributed by atoms with van der Waals surface area (Å²) in [6.07, 6.45) is 4.56. The van der Waals surface area contributed by atoms with Crippen molar-refractivity contribution in [2.24, 2.45) is 0 Å². The third-order valence-electron chi connectivity index (χ3n) is 4.65. The van der Waals surface area contributed by atoms with Crippen molar-refractivity contribution >= 4 is 5.69 Å². The quantitative estimate of drug-likeness (QED) is 0.814. The number of para-hydroxylation sites is 1. The molecule has 100 valence electrons. The van der Waals surface area contributed by atoms with Crippen LogP contribution in [0.15, 0.2) is 30.3 Å². The second-order valence-corrected chi connectivity index (χ2v) is 5.66. The van der Waals surface area contributed by atoms with E-state index in [4.69, 9.17) is 0 Å². The molecule has 1 heterocycles. The molecule has 1 aromatic carbocycles. The third kappa shape index (κ3) is 2.33. The Bertz CT molecular complexity index is 449. The lowest BCUT2D eigenvalue weighted by molar-refractivity contribution is 0.132. The molecule has 0 amide bonds. The second-order valence-electron chi connectivity index (χ2n) is 5.66. The van der Waals surface area contributed by atoms with Gasteiger partial charge in [0.05, 0.1) is 6.07 Å². The van der Waals surface area contributed by atoms with E-state index in [9.17, 15) is 5.26 Å². The van der Waals surface area contributed by atoms with Gasteiger partial charge in [0.15, 0.2) is 0 Å². The molecule has 3 nitrogen and oxygen atoms in total. The van der Waals surface area contributed by atoms with Crippen molar-refractivity contribution in [3.05, 3.63) is 30.3 Å². The van der Waals surface area contributed by atoms with Crippen molar-refractivity contribution in [3.63, 3.8) is 0 Å². The first-order valence-electron chi connectivity index (χ1n) is 7.30. The zero-order valence-electron chi connectivity index (χ0n) is 11.4. The third-order valence-corrected chi connectivity index (χ3v) is 4.65. The van der Waals surface area contributed by atoms with Crippen LogP contribution in [0, 0.1) is 11.3 Å². The van der Waals surface area contributed by atoms with Gasteiger partial charge in [-0.1, -0.05) is 31.0 Å². The minimum atomic E-state index is -0.150. The maximum atomic E-state index is 9.55. The number of nitrogens with zero attached hydrogens (tertiary/aromatic N) is 3. The monoisotopic (exact) mass is 255 g/mol. The molecule has 1 aliphatic heterocycles. The molecule has 0 atom stereocenters. The van der Waals surface area contributed by atoms with Crippen LogP contribution in [0.3, 0.4) is 0 Å². The molecular weight excluding hydrogens is 234 g/mol. The fourth-order valence-electron chi connectivity index (χ4n) is 3.49. The van der Waals surface area contributed by atoms with Gasteiger partial charge in [0.1, 0.15) is 5.54 Å². The van der Waals surface area contributed by atoms with Crippen LogP contribution in [-0.2, 0) is 0 Å². The van der Waals surface area contributed by atoms with E-state index in [1.807, 2.05) is 0 Å². The van der Waals surface area contributed by atoms with Gasteiger partial charge in [-0.15, -0.1) is 0 Å². The fourth-order valence-corrected chi connectivity index (χ4v) is 3.49. The maximum absolute atomic E-state index is 9.55. The van der Waals surface area contributed by atoms with E-state index in [1.165, 1.54) is 18.5 Å².